The van der Waals surface area contributed by atoms with Crippen LogP contribution in [0.3, 0.4) is 0 Å². The fourth-order valence-corrected chi connectivity index (χ4v) is 2.16. The molecule has 122 valence electrons. The fourth-order valence-electron chi connectivity index (χ4n) is 2.16. The van der Waals surface area contributed by atoms with Crippen LogP contribution in [0.1, 0.15) is 5.69 Å². The van der Waals surface area contributed by atoms with Crippen molar-refractivity contribution in [2.45, 2.75) is 13.1 Å². The number of nitrogens with one attached hydrogen (secondary N) is 1. The predicted octanol–water partition coefficient (Wildman–Crippen LogP) is -0.250. The van der Waals surface area contributed by atoms with Crippen LogP contribution in [0.4, 0.5) is 0 Å². The molecule has 9 nitrogen and oxygen atoms in total. The largest absolute Gasteiger partial charge is 0.349 e. The van der Waals surface area contributed by atoms with Crippen molar-refractivity contribution in [3.8, 4) is 11.3 Å². The maximum absolute atomic E-state index is 12.0. The van der Waals surface area contributed by atoms with Gasteiger partial charge in [0.2, 0.25) is 5.91 Å². The molecule has 0 fully saturated rings. The molecule has 0 spiro atoms. The van der Waals surface area contributed by atoms with Gasteiger partial charge in [-0.15, -0.1) is 0 Å². The summed E-state index contributed by atoms with van der Waals surface area (Å²) in [5, 5.41) is 10.7. The van der Waals surface area contributed by atoms with Crippen molar-refractivity contribution in [1.82, 2.24) is 34.8 Å². The molecule has 0 saturated heterocycles. The van der Waals surface area contributed by atoms with E-state index in [4.69, 9.17) is 0 Å². The Morgan fingerprint density at radius 1 is 1.21 bits per heavy atom. The number of aromatic nitrogens is 6. The molecule has 3 aromatic rings. The lowest BCUT2D eigenvalue weighted by molar-refractivity contribution is -0.122. The van der Waals surface area contributed by atoms with E-state index in [1.807, 2.05) is 13.2 Å². The molecule has 3 rings (SSSR count). The Morgan fingerprint density at radius 3 is 2.79 bits per heavy atom. The van der Waals surface area contributed by atoms with Crippen molar-refractivity contribution < 1.29 is 4.79 Å². The first-order valence-corrected chi connectivity index (χ1v) is 7.21. The van der Waals surface area contributed by atoms with E-state index in [0.717, 1.165) is 10.2 Å². The number of nitrogens with zero attached hydrogens (tertiary/aromatic N) is 6. The molecule has 0 saturated carbocycles. The molecule has 9 heteroatoms. The van der Waals surface area contributed by atoms with E-state index < -0.39 is 0 Å². The predicted molar refractivity (Wildman–Crippen MR) is 84.6 cm³/mol. The molecule has 0 unspecified atom stereocenters. The third-order valence-electron chi connectivity index (χ3n) is 3.28. The number of hydrogen-bond acceptors (Lipinski definition) is 6. The standard InChI is InChI=1S/C15H15N7O2/c1-21-9-11(7-20-21)15-12(16-5-6-17-15)8-18-13(23)10-22-14(24)3-2-4-19-22/h2-7,9H,8,10H2,1H3,(H,18,23). The van der Waals surface area contributed by atoms with E-state index in [1.165, 1.54) is 18.3 Å². The van der Waals surface area contributed by atoms with Crippen LogP contribution in [0.25, 0.3) is 11.3 Å². The summed E-state index contributed by atoms with van der Waals surface area (Å²) in [7, 11) is 1.81. The molecule has 1 amide bonds. The summed E-state index contributed by atoms with van der Waals surface area (Å²) in [6.45, 7) is 0.0423. The first-order valence-electron chi connectivity index (χ1n) is 7.21. The monoisotopic (exact) mass is 325 g/mol. The number of carbonyl (C=O) groups excluding carboxylic acids is 1. The van der Waals surface area contributed by atoms with Crippen molar-refractivity contribution in [1.29, 1.82) is 0 Å². The second-order valence-corrected chi connectivity index (χ2v) is 5.05. The normalized spacial score (nSPS) is 10.5. The number of aryl methyl sites for hydroxylation is 1. The Morgan fingerprint density at radius 2 is 2.04 bits per heavy atom. The Bertz CT molecular complexity index is 916. The lowest BCUT2D eigenvalue weighted by Crippen LogP contribution is -2.33. The van der Waals surface area contributed by atoms with Gasteiger partial charge in [0.15, 0.2) is 0 Å². The lowest BCUT2D eigenvalue weighted by atomic mass is 10.2. The van der Waals surface area contributed by atoms with Crippen LogP contribution < -0.4 is 10.9 Å². The van der Waals surface area contributed by atoms with Gasteiger partial charge in [0.05, 0.1) is 24.1 Å². The molecule has 0 aromatic carbocycles. The average molecular weight is 325 g/mol. The topological polar surface area (TPSA) is 108 Å². The Labute approximate surface area is 137 Å². The van der Waals surface area contributed by atoms with Gasteiger partial charge >= 0.3 is 0 Å². The second-order valence-electron chi connectivity index (χ2n) is 5.05. The highest BCUT2D eigenvalue weighted by Crippen LogP contribution is 2.18. The van der Waals surface area contributed by atoms with Gasteiger partial charge in [-0.2, -0.15) is 10.2 Å². The van der Waals surface area contributed by atoms with Crippen molar-refractivity contribution in [3.63, 3.8) is 0 Å². The van der Waals surface area contributed by atoms with Crippen molar-refractivity contribution in [2.75, 3.05) is 0 Å². The highest BCUT2D eigenvalue weighted by atomic mass is 16.2. The molecule has 3 heterocycles. The van der Waals surface area contributed by atoms with Crippen LogP contribution in [0, 0.1) is 0 Å². The molecule has 1 N–H and O–H groups in total. The van der Waals surface area contributed by atoms with Gasteiger partial charge in [-0.3, -0.25) is 24.2 Å². The number of hydrogen-bond donors (Lipinski definition) is 1. The molecular formula is C15H15N7O2. The third-order valence-corrected chi connectivity index (χ3v) is 3.28. The zero-order valence-corrected chi connectivity index (χ0v) is 13.0. The third kappa shape index (κ3) is 3.51. The Balaban J connectivity index is 1.70. The smallest absolute Gasteiger partial charge is 0.267 e. The van der Waals surface area contributed by atoms with Gasteiger partial charge in [0.1, 0.15) is 6.54 Å². The van der Waals surface area contributed by atoms with Gasteiger partial charge in [-0.1, -0.05) is 0 Å². The van der Waals surface area contributed by atoms with Crippen LogP contribution >= 0.6 is 0 Å². The number of carbonyl (C=O) groups is 1. The zero-order valence-electron chi connectivity index (χ0n) is 13.0. The highest BCUT2D eigenvalue weighted by Gasteiger charge is 2.11. The minimum Gasteiger partial charge on any atom is -0.349 e. The summed E-state index contributed by atoms with van der Waals surface area (Å²) in [4.78, 5) is 32.1. The summed E-state index contributed by atoms with van der Waals surface area (Å²) in [5.41, 5.74) is 1.76. The molecule has 3 aromatic heterocycles. The van der Waals surface area contributed by atoms with Gasteiger partial charge in [-0.25, -0.2) is 4.68 Å². The molecule has 0 aliphatic heterocycles. The van der Waals surface area contributed by atoms with E-state index in [9.17, 15) is 9.59 Å². The number of rotatable bonds is 5. The van der Waals surface area contributed by atoms with E-state index in [1.54, 1.807) is 23.3 Å². The molecule has 0 atom stereocenters. The summed E-state index contributed by atoms with van der Waals surface area (Å²) in [6, 6.07) is 2.87. The van der Waals surface area contributed by atoms with Gasteiger partial charge in [0.25, 0.3) is 5.56 Å². The van der Waals surface area contributed by atoms with Crippen molar-refractivity contribution in [2.24, 2.45) is 7.05 Å². The van der Waals surface area contributed by atoms with Gasteiger partial charge in [0, 0.05) is 43.5 Å². The molecule has 0 radical (unpaired) electrons. The molecule has 24 heavy (non-hydrogen) atoms. The van der Waals surface area contributed by atoms with Gasteiger partial charge in [-0.05, 0) is 6.07 Å². The van der Waals surface area contributed by atoms with Gasteiger partial charge < -0.3 is 5.32 Å². The maximum Gasteiger partial charge on any atom is 0.267 e. The Kier molecular flexibility index (Phi) is 4.41. The SMILES string of the molecule is Cn1cc(-c2nccnc2CNC(=O)Cn2ncccc2=O)cn1. The summed E-state index contributed by atoms with van der Waals surface area (Å²) in [5.74, 6) is -0.335. The minimum absolute atomic E-state index is 0.151. The minimum atomic E-state index is -0.335. The molecular weight excluding hydrogens is 310 g/mol. The van der Waals surface area contributed by atoms with Crippen LogP contribution in [0.2, 0.25) is 0 Å². The van der Waals surface area contributed by atoms with E-state index >= 15 is 0 Å². The van der Waals surface area contributed by atoms with Crippen LogP contribution in [0.5, 0.6) is 0 Å². The van der Waals surface area contributed by atoms with Crippen LogP contribution in [-0.4, -0.2) is 35.4 Å². The van der Waals surface area contributed by atoms with Crippen LogP contribution in [-0.2, 0) is 24.9 Å². The summed E-state index contributed by atoms with van der Waals surface area (Å²) >= 11 is 0. The second kappa shape index (κ2) is 6.82. The highest BCUT2D eigenvalue weighted by molar-refractivity contribution is 5.75. The lowest BCUT2D eigenvalue weighted by Gasteiger charge is -2.08. The van der Waals surface area contributed by atoms with Crippen molar-refractivity contribution >= 4 is 5.91 Å². The van der Waals surface area contributed by atoms with E-state index in [0.29, 0.717) is 11.4 Å². The first-order chi connectivity index (χ1) is 11.6. The molecule has 0 aliphatic rings. The van der Waals surface area contributed by atoms with E-state index in [-0.39, 0.29) is 24.6 Å². The Hall–Kier alpha value is -3.36. The maximum atomic E-state index is 12.0. The average Bonchev–Trinajstić information content (AvgIpc) is 3.02. The summed E-state index contributed by atoms with van der Waals surface area (Å²) in [6.07, 6.45) is 8.11. The molecule has 0 aliphatic carbocycles. The number of amides is 1. The quantitative estimate of drug-likeness (QED) is 0.693. The fraction of sp³-hybridized carbons (Fsp3) is 0.200. The first kappa shape index (κ1) is 15.5. The summed E-state index contributed by atoms with van der Waals surface area (Å²) < 4.78 is 2.76. The van der Waals surface area contributed by atoms with Crippen LogP contribution in [0.15, 0.2) is 47.9 Å². The van der Waals surface area contributed by atoms with Crippen molar-refractivity contribution in [3.05, 3.63) is 59.2 Å². The zero-order chi connectivity index (χ0) is 16.9. The van der Waals surface area contributed by atoms with E-state index in [2.05, 4.69) is 25.5 Å². The molecule has 0 bridgehead atoms.